The van der Waals surface area contributed by atoms with Crippen molar-refractivity contribution in [1.29, 1.82) is 0 Å². The number of thiocarbonyl (C=S) groups is 1. The lowest BCUT2D eigenvalue weighted by molar-refractivity contribution is -0.122. The summed E-state index contributed by atoms with van der Waals surface area (Å²) in [6, 6.07) is 24.9. The Kier molecular flexibility index (Phi) is 8.10. The Hall–Kier alpha value is -4.20. The first kappa shape index (κ1) is 28.3. The smallest absolute Gasteiger partial charge is 0.270 e. The van der Waals surface area contributed by atoms with E-state index in [9.17, 15) is 9.59 Å². The summed E-state index contributed by atoms with van der Waals surface area (Å²) in [5.74, 6) is 0.108. The van der Waals surface area contributed by atoms with Crippen molar-refractivity contribution in [2.45, 2.75) is 40.2 Å². The van der Waals surface area contributed by atoms with Gasteiger partial charge in [0.05, 0.1) is 5.69 Å². The van der Waals surface area contributed by atoms with Gasteiger partial charge in [-0.25, -0.2) is 0 Å². The van der Waals surface area contributed by atoms with Gasteiger partial charge in [0.25, 0.3) is 11.8 Å². The molecule has 1 fully saturated rings. The number of carbonyl (C=O) groups is 2. The molecule has 1 aliphatic rings. The summed E-state index contributed by atoms with van der Waals surface area (Å²) in [5.41, 5.74) is 6.25. The topological polar surface area (TPSA) is 63.6 Å². The number of hydrogen-bond acceptors (Lipinski definition) is 4. The molecule has 6 nitrogen and oxygen atoms in total. The molecule has 0 unspecified atom stereocenters. The van der Waals surface area contributed by atoms with Crippen LogP contribution in [-0.4, -0.2) is 21.5 Å². The Bertz CT molecular complexity index is 1670. The minimum absolute atomic E-state index is 0.0232. The lowest BCUT2D eigenvalue weighted by Gasteiger charge is -2.29. The molecule has 41 heavy (non-hydrogen) atoms. The fraction of sp³-hybridized carbons (Fsp3) is 0.182. The molecule has 1 saturated heterocycles. The second-order valence-corrected chi connectivity index (χ2v) is 11.0. The minimum atomic E-state index is -0.514. The van der Waals surface area contributed by atoms with Crippen LogP contribution in [0.4, 0.5) is 5.69 Å². The van der Waals surface area contributed by atoms with E-state index in [4.69, 9.17) is 28.6 Å². The molecule has 0 radical (unpaired) electrons. The van der Waals surface area contributed by atoms with Gasteiger partial charge < -0.3 is 9.30 Å². The average Bonchev–Trinajstić information content (AvgIpc) is 3.23. The van der Waals surface area contributed by atoms with Crippen LogP contribution in [0.5, 0.6) is 5.75 Å². The summed E-state index contributed by atoms with van der Waals surface area (Å²) in [6.07, 6.45) is 1.63. The molecule has 0 atom stereocenters. The molecule has 1 aliphatic heterocycles. The van der Waals surface area contributed by atoms with Crippen LogP contribution in [0, 0.1) is 13.8 Å². The number of benzene rings is 3. The highest BCUT2D eigenvalue weighted by atomic mass is 35.5. The summed E-state index contributed by atoms with van der Waals surface area (Å²) in [7, 11) is 0. The van der Waals surface area contributed by atoms with Crippen LogP contribution in [0.3, 0.4) is 0 Å². The maximum absolute atomic E-state index is 13.5. The van der Waals surface area contributed by atoms with E-state index in [1.807, 2.05) is 92.7 Å². The lowest BCUT2D eigenvalue weighted by Crippen LogP contribution is -2.54. The van der Waals surface area contributed by atoms with Crippen molar-refractivity contribution in [3.8, 4) is 11.4 Å². The molecule has 4 aromatic rings. The summed E-state index contributed by atoms with van der Waals surface area (Å²) < 4.78 is 8.00. The van der Waals surface area contributed by atoms with Gasteiger partial charge in [0.1, 0.15) is 17.9 Å². The lowest BCUT2D eigenvalue weighted by atomic mass is 10.0. The molecule has 5 rings (SSSR count). The van der Waals surface area contributed by atoms with E-state index in [0.29, 0.717) is 23.2 Å². The third kappa shape index (κ3) is 5.82. The van der Waals surface area contributed by atoms with Gasteiger partial charge in [-0.05, 0) is 97.7 Å². The van der Waals surface area contributed by atoms with Gasteiger partial charge >= 0.3 is 0 Å². The zero-order valence-corrected chi connectivity index (χ0v) is 24.8. The molecule has 0 aliphatic carbocycles. The van der Waals surface area contributed by atoms with E-state index in [-0.39, 0.29) is 10.7 Å². The normalized spacial score (nSPS) is 14.6. The van der Waals surface area contributed by atoms with Gasteiger partial charge in [0.15, 0.2) is 5.11 Å². The molecule has 0 spiro atoms. The number of hydrogen-bond donors (Lipinski definition) is 1. The van der Waals surface area contributed by atoms with Crippen molar-refractivity contribution in [2.75, 3.05) is 4.90 Å². The first-order valence-corrected chi connectivity index (χ1v) is 14.1. The van der Waals surface area contributed by atoms with E-state index < -0.39 is 11.8 Å². The van der Waals surface area contributed by atoms with Crippen LogP contribution in [0.15, 0.2) is 84.4 Å². The number of anilines is 1. The van der Waals surface area contributed by atoms with E-state index in [1.54, 1.807) is 6.08 Å². The van der Waals surface area contributed by atoms with E-state index in [0.717, 1.165) is 39.5 Å². The van der Waals surface area contributed by atoms with Crippen LogP contribution in [-0.2, 0) is 16.2 Å². The standard InChI is InChI=1S/C33H30ClN3O3S/c1-20(2)23-9-11-27(12-10-23)37-32(39)29(31(38)35-33(37)41)18-25-17-21(3)36(22(25)4)26-13-15-28(16-14-26)40-19-24-7-5-6-8-30(24)34/h5-18,20H,19H2,1-4H3,(H,35,38,41)/b29-18+. The Morgan fingerprint density at radius 2 is 1.61 bits per heavy atom. The first-order chi connectivity index (χ1) is 19.6. The van der Waals surface area contributed by atoms with E-state index in [1.165, 1.54) is 4.90 Å². The number of ether oxygens (including phenoxy) is 1. The molecule has 0 saturated carbocycles. The highest BCUT2D eigenvalue weighted by Crippen LogP contribution is 2.28. The summed E-state index contributed by atoms with van der Waals surface area (Å²) >= 11 is 11.6. The van der Waals surface area contributed by atoms with Crippen molar-refractivity contribution < 1.29 is 14.3 Å². The zero-order valence-electron chi connectivity index (χ0n) is 23.3. The molecule has 0 bridgehead atoms. The number of aromatic nitrogens is 1. The fourth-order valence-corrected chi connectivity index (χ4v) is 5.33. The van der Waals surface area contributed by atoms with Gasteiger partial charge in [-0.3, -0.25) is 19.8 Å². The van der Waals surface area contributed by atoms with Crippen molar-refractivity contribution in [1.82, 2.24) is 9.88 Å². The van der Waals surface area contributed by atoms with Gasteiger partial charge in [-0.1, -0.05) is 55.8 Å². The Morgan fingerprint density at radius 3 is 2.27 bits per heavy atom. The summed E-state index contributed by atoms with van der Waals surface area (Å²) in [6.45, 7) is 8.52. The maximum Gasteiger partial charge on any atom is 0.270 e. The van der Waals surface area contributed by atoms with E-state index >= 15 is 0 Å². The van der Waals surface area contributed by atoms with Gasteiger partial charge in [0.2, 0.25) is 0 Å². The number of halogens is 1. The second-order valence-electron chi connectivity index (χ2n) is 10.2. The minimum Gasteiger partial charge on any atom is -0.489 e. The van der Waals surface area contributed by atoms with Crippen molar-refractivity contribution in [3.63, 3.8) is 0 Å². The number of aryl methyl sites for hydroxylation is 1. The number of nitrogens with one attached hydrogen (secondary N) is 1. The highest BCUT2D eigenvalue weighted by Gasteiger charge is 2.34. The molecule has 1 aromatic heterocycles. The van der Waals surface area contributed by atoms with Crippen LogP contribution in [0.1, 0.15) is 47.8 Å². The molecular weight excluding hydrogens is 554 g/mol. The van der Waals surface area contributed by atoms with E-state index in [2.05, 4.69) is 23.7 Å². The molecule has 208 valence electrons. The number of amides is 2. The summed E-state index contributed by atoms with van der Waals surface area (Å²) in [5, 5.41) is 3.41. The highest BCUT2D eigenvalue weighted by molar-refractivity contribution is 7.80. The third-order valence-corrected chi connectivity index (χ3v) is 7.79. The molecule has 8 heteroatoms. The molecule has 2 heterocycles. The average molecular weight is 584 g/mol. The maximum atomic E-state index is 13.5. The third-order valence-electron chi connectivity index (χ3n) is 7.14. The Labute approximate surface area is 250 Å². The molecule has 2 amide bonds. The predicted molar refractivity (Wildman–Crippen MR) is 168 cm³/mol. The Balaban J connectivity index is 1.39. The largest absolute Gasteiger partial charge is 0.489 e. The molecule has 1 N–H and O–H groups in total. The van der Waals surface area contributed by atoms with Crippen LogP contribution >= 0.6 is 23.8 Å². The Morgan fingerprint density at radius 1 is 0.951 bits per heavy atom. The van der Waals surface area contributed by atoms with Crippen LogP contribution in [0.2, 0.25) is 5.02 Å². The molecular formula is C33H30ClN3O3S. The monoisotopic (exact) mass is 583 g/mol. The molecule has 3 aromatic carbocycles. The van der Waals surface area contributed by atoms with Crippen molar-refractivity contribution >= 4 is 52.5 Å². The zero-order chi connectivity index (χ0) is 29.3. The van der Waals surface area contributed by atoms with Crippen LogP contribution in [0.25, 0.3) is 11.8 Å². The fourth-order valence-electron chi connectivity index (χ4n) is 4.85. The van der Waals surface area contributed by atoms with Crippen LogP contribution < -0.4 is 15.0 Å². The quantitative estimate of drug-likeness (QED) is 0.141. The number of carbonyl (C=O) groups excluding carboxylic acids is 2. The number of nitrogens with zero attached hydrogens (tertiary/aromatic N) is 2. The summed E-state index contributed by atoms with van der Waals surface area (Å²) in [4.78, 5) is 27.8. The first-order valence-electron chi connectivity index (χ1n) is 13.3. The number of rotatable bonds is 7. The van der Waals surface area contributed by atoms with Gasteiger partial charge in [-0.2, -0.15) is 0 Å². The van der Waals surface area contributed by atoms with Crippen molar-refractivity contribution in [2.24, 2.45) is 0 Å². The second kappa shape index (κ2) is 11.7. The van der Waals surface area contributed by atoms with Gasteiger partial charge in [0, 0.05) is 27.7 Å². The SMILES string of the molecule is Cc1cc(/C=C2\C(=O)NC(=S)N(c3ccc(C(C)C)cc3)C2=O)c(C)n1-c1ccc(OCc2ccccc2Cl)cc1. The van der Waals surface area contributed by atoms with Gasteiger partial charge in [-0.15, -0.1) is 0 Å². The predicted octanol–water partition coefficient (Wildman–Crippen LogP) is 7.28. The van der Waals surface area contributed by atoms with Crippen molar-refractivity contribution in [3.05, 3.63) is 118 Å².